The van der Waals surface area contributed by atoms with Crippen LogP contribution >= 0.6 is 11.6 Å². The average molecular weight is 320 g/mol. The molecule has 22 heavy (non-hydrogen) atoms. The fourth-order valence-corrected chi connectivity index (χ4v) is 1.76. The van der Waals surface area contributed by atoms with Gasteiger partial charge in [0.1, 0.15) is 5.82 Å². The van der Waals surface area contributed by atoms with Gasteiger partial charge in [0.15, 0.2) is 0 Å². The Morgan fingerprint density at radius 1 is 1.09 bits per heavy atom. The van der Waals surface area contributed by atoms with Crippen LogP contribution in [0.5, 0.6) is 0 Å². The van der Waals surface area contributed by atoms with Crippen LogP contribution in [0.25, 0.3) is 0 Å². The van der Waals surface area contributed by atoms with Gasteiger partial charge in [0.05, 0.1) is 6.21 Å². The van der Waals surface area contributed by atoms with E-state index in [1.165, 1.54) is 24.4 Å². The highest BCUT2D eigenvalue weighted by Gasteiger charge is 2.12. The third-order valence-corrected chi connectivity index (χ3v) is 2.75. The number of anilines is 1. The first kappa shape index (κ1) is 15.7. The number of benzene rings is 2. The summed E-state index contributed by atoms with van der Waals surface area (Å²) >= 11 is 5.80. The molecule has 112 valence electrons. The lowest BCUT2D eigenvalue weighted by Crippen LogP contribution is -2.32. The molecule has 0 aliphatic carbocycles. The standard InChI is InChI=1S/C15H11ClFN3O2/c16-11-4-1-3-10(7-11)9-18-20-15(22)14(21)19-13-6-2-5-12(17)8-13/h1-9H,(H,19,21)(H,20,22). The highest BCUT2D eigenvalue weighted by Crippen LogP contribution is 2.09. The lowest BCUT2D eigenvalue weighted by atomic mass is 10.2. The largest absolute Gasteiger partial charge is 0.329 e. The highest BCUT2D eigenvalue weighted by molar-refractivity contribution is 6.39. The molecule has 0 saturated carbocycles. The van der Waals surface area contributed by atoms with Crippen LogP contribution < -0.4 is 10.7 Å². The monoisotopic (exact) mass is 319 g/mol. The fourth-order valence-electron chi connectivity index (χ4n) is 1.56. The van der Waals surface area contributed by atoms with Crippen molar-refractivity contribution in [3.8, 4) is 0 Å². The molecule has 0 aromatic heterocycles. The van der Waals surface area contributed by atoms with E-state index in [2.05, 4.69) is 15.8 Å². The molecule has 5 nitrogen and oxygen atoms in total. The summed E-state index contributed by atoms with van der Waals surface area (Å²) in [7, 11) is 0. The molecule has 2 aromatic rings. The van der Waals surface area contributed by atoms with Crippen molar-refractivity contribution in [1.29, 1.82) is 0 Å². The highest BCUT2D eigenvalue weighted by atomic mass is 35.5. The van der Waals surface area contributed by atoms with Crippen LogP contribution in [0.2, 0.25) is 5.02 Å². The maximum atomic E-state index is 13.0. The van der Waals surface area contributed by atoms with Crippen LogP contribution in [-0.2, 0) is 9.59 Å². The summed E-state index contributed by atoms with van der Waals surface area (Å²) in [6.07, 6.45) is 1.35. The number of nitrogens with zero attached hydrogens (tertiary/aromatic N) is 1. The summed E-state index contributed by atoms with van der Waals surface area (Å²) in [6.45, 7) is 0. The van der Waals surface area contributed by atoms with Crippen LogP contribution in [0, 0.1) is 5.82 Å². The Kier molecular flexibility index (Phi) is 5.21. The summed E-state index contributed by atoms with van der Waals surface area (Å²) < 4.78 is 13.0. The van der Waals surface area contributed by atoms with Gasteiger partial charge in [0.2, 0.25) is 0 Å². The molecule has 0 radical (unpaired) electrons. The van der Waals surface area contributed by atoms with Crippen molar-refractivity contribution in [2.75, 3.05) is 5.32 Å². The summed E-state index contributed by atoms with van der Waals surface area (Å²) in [5.74, 6) is -2.44. The Balaban J connectivity index is 1.90. The van der Waals surface area contributed by atoms with Crippen LogP contribution in [0.1, 0.15) is 5.56 Å². The molecule has 0 heterocycles. The number of carbonyl (C=O) groups is 2. The van der Waals surface area contributed by atoms with Crippen molar-refractivity contribution < 1.29 is 14.0 Å². The number of halogens is 2. The first-order valence-corrected chi connectivity index (χ1v) is 6.58. The van der Waals surface area contributed by atoms with Crippen molar-refractivity contribution in [2.45, 2.75) is 0 Å². The Morgan fingerprint density at radius 3 is 2.59 bits per heavy atom. The maximum absolute atomic E-state index is 13.0. The second-order valence-corrected chi connectivity index (χ2v) is 4.66. The molecule has 0 atom stereocenters. The third-order valence-electron chi connectivity index (χ3n) is 2.52. The first-order valence-electron chi connectivity index (χ1n) is 6.20. The summed E-state index contributed by atoms with van der Waals surface area (Å²) in [5.41, 5.74) is 2.91. The third kappa shape index (κ3) is 4.68. The van der Waals surface area contributed by atoms with Gasteiger partial charge in [0, 0.05) is 10.7 Å². The second-order valence-electron chi connectivity index (χ2n) is 4.22. The summed E-state index contributed by atoms with van der Waals surface area (Å²) in [5, 5.41) is 6.43. The topological polar surface area (TPSA) is 70.6 Å². The van der Waals surface area contributed by atoms with Crippen LogP contribution in [0.15, 0.2) is 53.6 Å². The number of hydrogen-bond acceptors (Lipinski definition) is 3. The zero-order valence-electron chi connectivity index (χ0n) is 11.2. The molecular formula is C15H11ClFN3O2. The fraction of sp³-hybridized carbons (Fsp3) is 0. The lowest BCUT2D eigenvalue weighted by Gasteiger charge is -2.03. The number of hydrazone groups is 1. The average Bonchev–Trinajstić information content (AvgIpc) is 2.47. The number of nitrogens with one attached hydrogen (secondary N) is 2. The van der Waals surface area contributed by atoms with E-state index in [1.807, 2.05) is 0 Å². The molecule has 0 aliphatic rings. The predicted molar refractivity (Wildman–Crippen MR) is 82.2 cm³/mol. The molecular weight excluding hydrogens is 309 g/mol. The predicted octanol–water partition coefficient (Wildman–Crippen LogP) is 2.57. The van der Waals surface area contributed by atoms with E-state index in [0.717, 1.165) is 6.07 Å². The minimum absolute atomic E-state index is 0.180. The van der Waals surface area contributed by atoms with Gasteiger partial charge in [-0.25, -0.2) is 9.82 Å². The van der Waals surface area contributed by atoms with Gasteiger partial charge >= 0.3 is 11.8 Å². The van der Waals surface area contributed by atoms with E-state index in [-0.39, 0.29) is 5.69 Å². The van der Waals surface area contributed by atoms with Crippen molar-refractivity contribution in [2.24, 2.45) is 5.10 Å². The minimum atomic E-state index is -0.970. The van der Waals surface area contributed by atoms with E-state index in [9.17, 15) is 14.0 Å². The van der Waals surface area contributed by atoms with Crippen molar-refractivity contribution in [1.82, 2.24) is 5.43 Å². The molecule has 0 aliphatic heterocycles. The number of hydrogen-bond donors (Lipinski definition) is 2. The van der Waals surface area contributed by atoms with Gasteiger partial charge in [-0.3, -0.25) is 9.59 Å². The molecule has 2 N–H and O–H groups in total. The van der Waals surface area contributed by atoms with E-state index < -0.39 is 17.6 Å². The molecule has 2 rings (SSSR count). The number of rotatable bonds is 3. The maximum Gasteiger partial charge on any atom is 0.329 e. The van der Waals surface area contributed by atoms with Crippen molar-refractivity contribution in [3.05, 3.63) is 64.9 Å². The summed E-state index contributed by atoms with van der Waals surface area (Å²) in [4.78, 5) is 23.1. The molecule has 0 fully saturated rings. The first-order chi connectivity index (χ1) is 10.5. The normalized spacial score (nSPS) is 10.5. The minimum Gasteiger partial charge on any atom is -0.318 e. The Morgan fingerprint density at radius 2 is 1.86 bits per heavy atom. The Labute approximate surface area is 130 Å². The second kappa shape index (κ2) is 7.33. The number of amides is 2. The molecule has 0 spiro atoms. The zero-order chi connectivity index (χ0) is 15.9. The smallest absolute Gasteiger partial charge is 0.318 e. The summed E-state index contributed by atoms with van der Waals surface area (Å²) in [6, 6.07) is 12.0. The quantitative estimate of drug-likeness (QED) is 0.518. The van der Waals surface area contributed by atoms with E-state index in [4.69, 9.17) is 11.6 Å². The molecule has 7 heteroatoms. The van der Waals surface area contributed by atoms with E-state index >= 15 is 0 Å². The van der Waals surface area contributed by atoms with E-state index in [1.54, 1.807) is 24.3 Å². The Hall–Kier alpha value is -2.73. The lowest BCUT2D eigenvalue weighted by molar-refractivity contribution is -0.136. The van der Waals surface area contributed by atoms with Gasteiger partial charge in [-0.15, -0.1) is 0 Å². The van der Waals surface area contributed by atoms with E-state index in [0.29, 0.717) is 10.6 Å². The molecule has 0 unspecified atom stereocenters. The van der Waals surface area contributed by atoms with Crippen molar-refractivity contribution in [3.63, 3.8) is 0 Å². The number of carbonyl (C=O) groups excluding carboxylic acids is 2. The molecule has 0 bridgehead atoms. The van der Waals surface area contributed by atoms with Gasteiger partial charge < -0.3 is 5.32 Å². The van der Waals surface area contributed by atoms with Gasteiger partial charge in [0.25, 0.3) is 0 Å². The van der Waals surface area contributed by atoms with Crippen LogP contribution in [-0.4, -0.2) is 18.0 Å². The van der Waals surface area contributed by atoms with Crippen molar-refractivity contribution >= 4 is 35.3 Å². The van der Waals surface area contributed by atoms with Gasteiger partial charge in [-0.2, -0.15) is 5.10 Å². The molecule has 0 saturated heterocycles. The Bertz CT molecular complexity index is 734. The molecule has 2 amide bonds. The SMILES string of the molecule is O=C(NN=Cc1cccc(Cl)c1)C(=O)Nc1cccc(F)c1. The van der Waals surface area contributed by atoms with Gasteiger partial charge in [-0.1, -0.05) is 29.8 Å². The zero-order valence-corrected chi connectivity index (χ0v) is 12.0. The van der Waals surface area contributed by atoms with Crippen LogP contribution in [0.4, 0.5) is 10.1 Å². The van der Waals surface area contributed by atoms with Crippen LogP contribution in [0.3, 0.4) is 0 Å². The van der Waals surface area contributed by atoms with Gasteiger partial charge in [-0.05, 0) is 35.9 Å². The molecule has 2 aromatic carbocycles.